The molecule has 2 bridgehead atoms. The van der Waals surface area contributed by atoms with Crippen molar-refractivity contribution in [2.75, 3.05) is 19.0 Å². The number of hydrogen-bond donors (Lipinski definition) is 3. The molecule has 33 heavy (non-hydrogen) atoms. The molecule has 3 fully saturated rings. The average molecular weight is 478 g/mol. The first-order valence-corrected chi connectivity index (χ1v) is 11.9. The molecule has 0 saturated carbocycles. The quantitative estimate of drug-likeness (QED) is 0.581. The number of para-hydroxylation sites is 1. The van der Waals surface area contributed by atoms with Crippen molar-refractivity contribution >= 4 is 35.0 Å². The van der Waals surface area contributed by atoms with E-state index in [9.17, 15) is 19.5 Å². The summed E-state index contributed by atoms with van der Waals surface area (Å²) in [5, 5.41) is 16.1. The van der Waals surface area contributed by atoms with Gasteiger partial charge in [0.15, 0.2) is 0 Å². The van der Waals surface area contributed by atoms with Gasteiger partial charge in [-0.1, -0.05) is 37.6 Å². The molecular formula is C24H32ClN3O5. The number of fused-ring (bicyclic) bond motifs is 1. The van der Waals surface area contributed by atoms with E-state index in [0.717, 1.165) is 5.56 Å². The normalized spacial score (nSPS) is 35.5. The van der Waals surface area contributed by atoms with E-state index in [4.69, 9.17) is 16.3 Å². The molecule has 3 N–H and O–H groups in total. The lowest BCUT2D eigenvalue weighted by Crippen LogP contribution is -2.56. The summed E-state index contributed by atoms with van der Waals surface area (Å²) in [4.78, 5) is 42.2. The molecule has 1 aromatic carbocycles. The predicted octanol–water partition coefficient (Wildman–Crippen LogP) is 2.11. The van der Waals surface area contributed by atoms with Crippen LogP contribution in [-0.2, 0) is 19.1 Å². The Labute approximate surface area is 199 Å². The van der Waals surface area contributed by atoms with Gasteiger partial charge in [0.25, 0.3) is 0 Å². The van der Waals surface area contributed by atoms with Crippen molar-refractivity contribution in [1.82, 2.24) is 10.2 Å². The van der Waals surface area contributed by atoms with Gasteiger partial charge >= 0.3 is 0 Å². The highest BCUT2D eigenvalue weighted by Gasteiger charge is 2.80. The second-order valence-corrected chi connectivity index (χ2v) is 10.1. The van der Waals surface area contributed by atoms with E-state index >= 15 is 0 Å². The molecule has 8 nitrogen and oxygen atoms in total. The van der Waals surface area contributed by atoms with E-state index in [2.05, 4.69) is 10.6 Å². The number of aliphatic hydroxyl groups excluding tert-OH is 1. The average Bonchev–Trinajstić information content (AvgIpc) is 3.28. The van der Waals surface area contributed by atoms with Gasteiger partial charge in [0.05, 0.1) is 40.8 Å². The van der Waals surface area contributed by atoms with Crippen LogP contribution >= 0.6 is 11.6 Å². The molecule has 3 aliphatic rings. The Morgan fingerprint density at radius 3 is 2.64 bits per heavy atom. The van der Waals surface area contributed by atoms with Gasteiger partial charge < -0.3 is 25.4 Å². The van der Waals surface area contributed by atoms with Crippen LogP contribution in [0, 0.1) is 24.7 Å². The first kappa shape index (κ1) is 24.0. The van der Waals surface area contributed by atoms with Gasteiger partial charge in [0.1, 0.15) is 11.6 Å². The Morgan fingerprint density at radius 1 is 1.36 bits per heavy atom. The van der Waals surface area contributed by atoms with Crippen molar-refractivity contribution in [1.29, 1.82) is 0 Å². The van der Waals surface area contributed by atoms with Gasteiger partial charge in [-0.05, 0) is 44.2 Å². The van der Waals surface area contributed by atoms with Crippen LogP contribution in [0.1, 0.15) is 39.2 Å². The molecule has 0 radical (unpaired) electrons. The van der Waals surface area contributed by atoms with Gasteiger partial charge in [-0.3, -0.25) is 14.4 Å². The smallest absolute Gasteiger partial charge is 0.250 e. The monoisotopic (exact) mass is 477 g/mol. The Balaban J connectivity index is 1.84. The third kappa shape index (κ3) is 3.21. The van der Waals surface area contributed by atoms with Crippen LogP contribution in [-0.4, -0.2) is 64.7 Å². The molecule has 1 spiro atoms. The Bertz CT molecular complexity index is 978. The number of amides is 3. The number of carbonyl (C=O) groups is 3. The summed E-state index contributed by atoms with van der Waals surface area (Å²) in [5.74, 6) is -2.60. The van der Waals surface area contributed by atoms with Crippen molar-refractivity contribution in [3.63, 3.8) is 0 Å². The summed E-state index contributed by atoms with van der Waals surface area (Å²) in [7, 11) is 1.54. The van der Waals surface area contributed by atoms with Crippen LogP contribution in [0.15, 0.2) is 18.2 Å². The number of rotatable bonds is 6. The largest absolute Gasteiger partial charge is 0.394 e. The lowest BCUT2D eigenvalue weighted by Gasteiger charge is -2.36. The number of aliphatic hydroxyl groups is 1. The van der Waals surface area contributed by atoms with Gasteiger partial charge in [-0.25, -0.2) is 0 Å². The van der Waals surface area contributed by atoms with E-state index < -0.39 is 41.0 Å². The maximum atomic E-state index is 13.9. The first-order valence-electron chi connectivity index (χ1n) is 11.5. The maximum Gasteiger partial charge on any atom is 0.250 e. The minimum Gasteiger partial charge on any atom is -0.394 e. The lowest BCUT2D eigenvalue weighted by molar-refractivity contribution is -0.149. The molecule has 3 heterocycles. The van der Waals surface area contributed by atoms with Crippen molar-refractivity contribution in [2.24, 2.45) is 17.8 Å². The third-order valence-electron chi connectivity index (χ3n) is 8.08. The zero-order valence-corrected chi connectivity index (χ0v) is 20.4. The SMILES string of the molecule is CC[C@@H](CO)N1C(=O)[C@@H]2[C@@H](C(=O)NC)[C@]3(C)OC2(CC3C)C1C(=O)Nc1c(C)cccc1Cl. The number of benzene rings is 1. The van der Waals surface area contributed by atoms with Gasteiger partial charge in [0, 0.05) is 7.05 Å². The van der Waals surface area contributed by atoms with Crippen LogP contribution in [0.3, 0.4) is 0 Å². The second kappa shape index (κ2) is 8.25. The molecule has 1 aromatic rings. The number of anilines is 1. The summed E-state index contributed by atoms with van der Waals surface area (Å²) in [5.41, 5.74) is -0.769. The highest BCUT2D eigenvalue weighted by Crippen LogP contribution is 2.65. The number of nitrogens with one attached hydrogen (secondary N) is 2. The number of aryl methyl sites for hydroxylation is 1. The van der Waals surface area contributed by atoms with Crippen molar-refractivity contribution in [3.05, 3.63) is 28.8 Å². The molecule has 3 saturated heterocycles. The number of halogens is 1. The minimum atomic E-state index is -1.16. The number of hydrogen-bond acceptors (Lipinski definition) is 5. The predicted molar refractivity (Wildman–Crippen MR) is 124 cm³/mol. The highest BCUT2D eigenvalue weighted by molar-refractivity contribution is 6.34. The first-order chi connectivity index (χ1) is 15.6. The summed E-state index contributed by atoms with van der Waals surface area (Å²) < 4.78 is 6.59. The van der Waals surface area contributed by atoms with Crippen molar-refractivity contribution in [3.8, 4) is 0 Å². The fraction of sp³-hybridized carbons (Fsp3) is 0.625. The Morgan fingerprint density at radius 2 is 2.06 bits per heavy atom. The second-order valence-electron chi connectivity index (χ2n) is 9.73. The summed E-state index contributed by atoms with van der Waals surface area (Å²) in [6, 6.07) is 3.75. The lowest BCUT2D eigenvalue weighted by atomic mass is 9.62. The standard InChI is InChI=1S/C24H32ClN3O5/c1-6-14(11-29)28-19(21(31)27-18-12(2)8-7-9-15(18)25)24-10-13(3)23(4,33-24)16(20(30)26-5)17(24)22(28)32/h7-9,13-14,16-17,19,29H,6,10-11H2,1-5H3,(H,26,30)(H,27,31)/t13?,14-,16-,17-,19?,23+,24?/m0/s1. The topological polar surface area (TPSA) is 108 Å². The number of carbonyl (C=O) groups excluding carboxylic acids is 3. The van der Waals surface area contributed by atoms with Crippen LogP contribution < -0.4 is 10.6 Å². The van der Waals surface area contributed by atoms with Gasteiger partial charge in [0.2, 0.25) is 17.7 Å². The van der Waals surface area contributed by atoms with Crippen LogP contribution in [0.2, 0.25) is 5.02 Å². The molecule has 180 valence electrons. The summed E-state index contributed by atoms with van der Waals surface area (Å²) in [6.45, 7) is 7.25. The fourth-order valence-electron chi connectivity index (χ4n) is 6.32. The van der Waals surface area contributed by atoms with E-state index in [1.54, 1.807) is 19.2 Å². The fourth-order valence-corrected chi connectivity index (χ4v) is 6.59. The van der Waals surface area contributed by atoms with E-state index in [1.165, 1.54) is 4.90 Å². The molecule has 3 unspecified atom stereocenters. The molecule has 4 rings (SSSR count). The molecular weight excluding hydrogens is 446 g/mol. The molecule has 9 heteroatoms. The van der Waals surface area contributed by atoms with Crippen molar-refractivity contribution < 1.29 is 24.2 Å². The number of ether oxygens (including phenoxy) is 1. The maximum absolute atomic E-state index is 13.9. The summed E-state index contributed by atoms with van der Waals surface area (Å²) in [6.07, 6.45) is 0.919. The molecule has 0 aromatic heterocycles. The Kier molecular flexibility index (Phi) is 6.00. The van der Waals surface area contributed by atoms with Crippen molar-refractivity contribution in [2.45, 2.75) is 63.8 Å². The number of likely N-dealkylation sites (tertiary alicyclic amines) is 1. The number of nitrogens with zero attached hydrogens (tertiary/aromatic N) is 1. The van der Waals surface area contributed by atoms with Crippen LogP contribution in [0.25, 0.3) is 0 Å². The third-order valence-corrected chi connectivity index (χ3v) is 8.39. The molecule has 3 amide bonds. The molecule has 3 aliphatic heterocycles. The van der Waals surface area contributed by atoms with E-state index in [-0.39, 0.29) is 24.3 Å². The van der Waals surface area contributed by atoms with Crippen LogP contribution in [0.4, 0.5) is 5.69 Å². The molecule has 0 aliphatic carbocycles. The zero-order chi connectivity index (χ0) is 24.3. The van der Waals surface area contributed by atoms with Crippen LogP contribution in [0.5, 0.6) is 0 Å². The molecule has 7 atom stereocenters. The van der Waals surface area contributed by atoms with Gasteiger partial charge in [-0.2, -0.15) is 0 Å². The summed E-state index contributed by atoms with van der Waals surface area (Å²) >= 11 is 6.36. The Hall–Kier alpha value is -2.16. The minimum absolute atomic E-state index is 0.0460. The highest BCUT2D eigenvalue weighted by atomic mass is 35.5. The zero-order valence-electron chi connectivity index (χ0n) is 19.6. The van der Waals surface area contributed by atoms with E-state index in [0.29, 0.717) is 23.6 Å². The van der Waals surface area contributed by atoms with Gasteiger partial charge in [-0.15, -0.1) is 0 Å². The van der Waals surface area contributed by atoms with E-state index in [1.807, 2.05) is 33.8 Å².